The third-order valence-electron chi connectivity index (χ3n) is 3.83. The van der Waals surface area contributed by atoms with Crippen LogP contribution in [0.15, 0.2) is 48.5 Å². The number of carbonyl (C=O) groups excluding carboxylic acids is 1. The first-order chi connectivity index (χ1) is 12.9. The Hall–Kier alpha value is -3.39. The Labute approximate surface area is 155 Å². The van der Waals surface area contributed by atoms with Gasteiger partial charge in [-0.2, -0.15) is 0 Å². The van der Waals surface area contributed by atoms with Gasteiger partial charge in [0, 0.05) is 13.0 Å². The molecule has 0 heterocycles. The lowest BCUT2D eigenvalue weighted by atomic mass is 10.1. The van der Waals surface area contributed by atoms with Crippen LogP contribution in [0.3, 0.4) is 0 Å². The maximum atomic E-state index is 11.2. The maximum absolute atomic E-state index is 11.2. The van der Waals surface area contributed by atoms with Crippen molar-refractivity contribution in [3.05, 3.63) is 65.2 Å². The topological polar surface area (TPSA) is 139 Å². The van der Waals surface area contributed by atoms with Crippen molar-refractivity contribution < 1.29 is 29.3 Å². The van der Waals surface area contributed by atoms with Crippen LogP contribution in [0, 0.1) is 0 Å². The highest BCUT2D eigenvalue weighted by Crippen LogP contribution is 2.16. The Morgan fingerprint density at radius 3 is 2.00 bits per heavy atom. The van der Waals surface area contributed by atoms with Gasteiger partial charge in [-0.25, -0.2) is 9.59 Å². The molecule has 0 aromatic heterocycles. The molecule has 27 heavy (non-hydrogen) atoms. The van der Waals surface area contributed by atoms with E-state index in [1.54, 1.807) is 24.3 Å². The van der Waals surface area contributed by atoms with E-state index < -0.39 is 23.9 Å². The Balaban J connectivity index is 1.93. The molecule has 0 bridgehead atoms. The van der Waals surface area contributed by atoms with Crippen LogP contribution < -0.4 is 15.8 Å². The predicted octanol–water partition coefficient (Wildman–Crippen LogP) is 0.921. The smallest absolute Gasteiger partial charge is 0.394 e. The molecule has 0 saturated carbocycles. The third-order valence-corrected chi connectivity index (χ3v) is 3.83. The van der Waals surface area contributed by atoms with Gasteiger partial charge in [0.05, 0.1) is 0 Å². The van der Waals surface area contributed by atoms with Gasteiger partial charge in [-0.05, 0) is 28.8 Å². The number of carboxylic acid groups (broad SMARTS) is 2. The van der Waals surface area contributed by atoms with E-state index >= 15 is 0 Å². The van der Waals surface area contributed by atoms with Crippen molar-refractivity contribution in [1.29, 1.82) is 0 Å². The lowest BCUT2D eigenvalue weighted by Gasteiger charge is -2.13. The van der Waals surface area contributed by atoms with E-state index in [4.69, 9.17) is 20.7 Å². The van der Waals surface area contributed by atoms with Crippen molar-refractivity contribution in [3.8, 4) is 5.75 Å². The summed E-state index contributed by atoms with van der Waals surface area (Å²) in [5.41, 5.74) is 8.19. The van der Waals surface area contributed by atoms with Crippen molar-refractivity contribution in [2.24, 2.45) is 5.73 Å². The summed E-state index contributed by atoms with van der Waals surface area (Å²) in [4.78, 5) is 32.9. The highest BCUT2D eigenvalue weighted by atomic mass is 16.5. The number of rotatable bonds is 8. The van der Waals surface area contributed by atoms with Gasteiger partial charge >= 0.3 is 17.8 Å². The molecular formula is C19H20N2O6. The van der Waals surface area contributed by atoms with Gasteiger partial charge in [-0.1, -0.05) is 36.4 Å². The van der Waals surface area contributed by atoms with Gasteiger partial charge in [0.15, 0.2) is 0 Å². The highest BCUT2D eigenvalue weighted by Gasteiger charge is 2.23. The van der Waals surface area contributed by atoms with Crippen molar-refractivity contribution in [1.82, 2.24) is 5.32 Å². The molecule has 0 saturated heterocycles. The van der Waals surface area contributed by atoms with E-state index in [1.165, 1.54) is 0 Å². The van der Waals surface area contributed by atoms with Crippen LogP contribution in [-0.2, 0) is 34.0 Å². The summed E-state index contributed by atoms with van der Waals surface area (Å²) in [7, 11) is 0. The van der Waals surface area contributed by atoms with Crippen LogP contribution >= 0.6 is 0 Å². The molecule has 0 spiro atoms. The van der Waals surface area contributed by atoms with Crippen LogP contribution in [-0.4, -0.2) is 34.1 Å². The fourth-order valence-corrected chi connectivity index (χ4v) is 2.32. The van der Waals surface area contributed by atoms with Gasteiger partial charge in [-0.15, -0.1) is 0 Å². The fraction of sp³-hybridized carbons (Fsp3) is 0.211. The molecule has 2 aromatic rings. The number of nitrogens with one attached hydrogen (secondary N) is 1. The molecule has 1 atom stereocenters. The molecule has 5 N–H and O–H groups in total. The van der Waals surface area contributed by atoms with Gasteiger partial charge < -0.3 is 26.0 Å². The minimum absolute atomic E-state index is 0.0464. The molecule has 142 valence electrons. The van der Waals surface area contributed by atoms with Crippen LogP contribution in [0.1, 0.15) is 16.7 Å². The van der Waals surface area contributed by atoms with E-state index in [0.29, 0.717) is 24.5 Å². The first-order valence-electron chi connectivity index (χ1n) is 8.15. The van der Waals surface area contributed by atoms with Gasteiger partial charge in [0.1, 0.15) is 18.4 Å². The predicted molar refractivity (Wildman–Crippen MR) is 96.0 cm³/mol. The number of carbonyl (C=O) groups is 3. The number of carboxylic acids is 2. The largest absolute Gasteiger partial charge is 0.489 e. The van der Waals surface area contributed by atoms with Crippen molar-refractivity contribution in [3.63, 3.8) is 0 Å². The molecule has 0 fully saturated rings. The summed E-state index contributed by atoms with van der Waals surface area (Å²) >= 11 is 0. The first-order valence-corrected chi connectivity index (χ1v) is 8.15. The number of ether oxygens (including phenoxy) is 1. The number of nitrogens with two attached hydrogens (primary N) is 1. The van der Waals surface area contributed by atoms with Crippen molar-refractivity contribution in [2.45, 2.75) is 25.6 Å². The SMILES string of the molecule is NCc1ccc(COc2ccc(C[C@@H](NC(=O)C(=O)O)C(=O)O)cc2)cc1. The molecular weight excluding hydrogens is 352 g/mol. The highest BCUT2D eigenvalue weighted by molar-refractivity contribution is 6.31. The van der Waals surface area contributed by atoms with Crippen molar-refractivity contribution in [2.75, 3.05) is 0 Å². The summed E-state index contributed by atoms with van der Waals surface area (Å²) in [6, 6.07) is 13.1. The summed E-state index contributed by atoms with van der Waals surface area (Å²) in [5, 5.41) is 19.7. The number of benzene rings is 2. The molecule has 0 aliphatic carbocycles. The molecule has 8 heteroatoms. The van der Waals surface area contributed by atoms with Crippen LogP contribution in [0.25, 0.3) is 0 Å². The van der Waals surface area contributed by atoms with E-state index in [9.17, 15) is 14.4 Å². The third kappa shape index (κ3) is 6.12. The van der Waals surface area contributed by atoms with Gasteiger partial charge in [0.2, 0.25) is 0 Å². The van der Waals surface area contributed by atoms with E-state index in [0.717, 1.165) is 11.1 Å². The molecule has 1 amide bonds. The summed E-state index contributed by atoms with van der Waals surface area (Å²) < 4.78 is 5.67. The second-order valence-electron chi connectivity index (χ2n) is 5.83. The quantitative estimate of drug-likeness (QED) is 0.505. The number of hydrogen-bond acceptors (Lipinski definition) is 5. The number of hydrogen-bond donors (Lipinski definition) is 4. The Morgan fingerprint density at radius 1 is 0.926 bits per heavy atom. The normalized spacial score (nSPS) is 11.4. The van der Waals surface area contributed by atoms with E-state index in [2.05, 4.69) is 0 Å². The molecule has 0 aliphatic heterocycles. The molecule has 0 radical (unpaired) electrons. The summed E-state index contributed by atoms with van der Waals surface area (Å²) in [6.45, 7) is 0.851. The minimum atomic E-state index is -1.73. The van der Waals surface area contributed by atoms with Crippen LogP contribution in [0.5, 0.6) is 5.75 Å². The zero-order valence-electron chi connectivity index (χ0n) is 14.4. The van der Waals surface area contributed by atoms with E-state index in [-0.39, 0.29) is 6.42 Å². The summed E-state index contributed by atoms with van der Waals surface area (Å²) in [6.07, 6.45) is -0.0464. The van der Waals surface area contributed by atoms with Gasteiger partial charge in [0.25, 0.3) is 0 Å². The zero-order chi connectivity index (χ0) is 19.8. The molecule has 0 unspecified atom stereocenters. The lowest BCUT2D eigenvalue weighted by Crippen LogP contribution is -2.45. The standard InChI is InChI=1S/C19H20N2O6/c20-10-13-1-3-14(4-2-13)11-27-15-7-5-12(6-8-15)9-16(18(23)24)21-17(22)19(25)26/h1-8,16H,9-11,20H2,(H,21,22)(H,23,24)(H,25,26)/t16-/m1/s1. The minimum Gasteiger partial charge on any atom is -0.489 e. The average Bonchev–Trinajstić information content (AvgIpc) is 2.67. The average molecular weight is 372 g/mol. The molecule has 8 nitrogen and oxygen atoms in total. The first kappa shape index (κ1) is 19.9. The Bertz CT molecular complexity index is 802. The van der Waals surface area contributed by atoms with Gasteiger partial charge in [-0.3, -0.25) is 4.79 Å². The molecule has 0 aliphatic rings. The Kier molecular flexibility index (Phi) is 6.90. The maximum Gasteiger partial charge on any atom is 0.394 e. The summed E-state index contributed by atoms with van der Waals surface area (Å²) in [5.74, 6) is -3.80. The number of amides is 1. The second kappa shape index (κ2) is 9.35. The fourth-order valence-electron chi connectivity index (χ4n) is 2.32. The van der Waals surface area contributed by atoms with Crippen LogP contribution in [0.2, 0.25) is 0 Å². The Morgan fingerprint density at radius 2 is 1.48 bits per heavy atom. The second-order valence-corrected chi connectivity index (χ2v) is 5.83. The van der Waals surface area contributed by atoms with E-state index in [1.807, 2.05) is 29.6 Å². The van der Waals surface area contributed by atoms with Crippen LogP contribution in [0.4, 0.5) is 0 Å². The number of aliphatic carboxylic acids is 2. The molecule has 2 rings (SSSR count). The monoisotopic (exact) mass is 372 g/mol. The van der Waals surface area contributed by atoms with Crippen molar-refractivity contribution >= 4 is 17.8 Å². The lowest BCUT2D eigenvalue weighted by molar-refractivity contribution is -0.152. The molecule has 2 aromatic carbocycles. The zero-order valence-corrected chi connectivity index (χ0v) is 14.4.